The van der Waals surface area contributed by atoms with Gasteiger partial charge in [-0.05, 0) is 12.5 Å². The topological polar surface area (TPSA) is 58.1 Å². The number of hydrogen-bond donors (Lipinski definition) is 1. The van der Waals surface area contributed by atoms with Gasteiger partial charge in [0, 0.05) is 12.4 Å². The molecule has 0 aliphatic heterocycles. The molecule has 0 atom stereocenters. The molecule has 72 valence electrons. The number of carbonyl (C=O) groups excluding carboxylic acids is 1. The molecule has 13 heavy (non-hydrogen) atoms. The first kappa shape index (κ1) is 11.6. The Morgan fingerprint density at radius 3 is 2.77 bits per heavy atom. The van der Waals surface area contributed by atoms with Crippen LogP contribution >= 0.6 is 0 Å². The van der Waals surface area contributed by atoms with Gasteiger partial charge in [-0.2, -0.15) is 5.10 Å². The van der Waals surface area contributed by atoms with Crippen LogP contribution in [0.15, 0.2) is 23.5 Å². The van der Waals surface area contributed by atoms with E-state index in [0.717, 1.165) is 12.8 Å². The van der Waals surface area contributed by atoms with Gasteiger partial charge in [0.15, 0.2) is 0 Å². The van der Waals surface area contributed by atoms with Crippen molar-refractivity contribution in [1.82, 2.24) is 10.2 Å². The van der Waals surface area contributed by atoms with Crippen LogP contribution in [-0.4, -0.2) is 22.8 Å². The molecule has 0 radical (unpaired) electrons. The van der Waals surface area contributed by atoms with E-state index < -0.39 is 0 Å². The van der Waals surface area contributed by atoms with Crippen molar-refractivity contribution in [2.45, 2.75) is 26.2 Å². The number of nitrogens with one attached hydrogen (secondary N) is 1. The van der Waals surface area contributed by atoms with Gasteiger partial charge in [0.25, 0.3) is 0 Å². The monoisotopic (exact) mass is 181 g/mol. The van der Waals surface area contributed by atoms with E-state index in [-0.39, 0.29) is 0 Å². The molecule has 0 amide bonds. The zero-order valence-electron chi connectivity index (χ0n) is 7.86. The van der Waals surface area contributed by atoms with E-state index in [1.165, 1.54) is 12.5 Å². The Labute approximate surface area is 78.1 Å². The number of aromatic nitrogens is 2. The lowest BCUT2D eigenvalue weighted by Crippen LogP contribution is -1.77. The van der Waals surface area contributed by atoms with Crippen LogP contribution in [0.25, 0.3) is 0 Å². The molecule has 4 heteroatoms. The fraction of sp³-hybridized carbons (Fsp3) is 0.556. The smallest absolute Gasteiger partial charge is 0.234 e. The van der Waals surface area contributed by atoms with Gasteiger partial charge in [-0.1, -0.05) is 19.8 Å². The highest BCUT2D eigenvalue weighted by Gasteiger charge is 1.79. The summed E-state index contributed by atoms with van der Waals surface area (Å²) >= 11 is 0. The van der Waals surface area contributed by atoms with Crippen LogP contribution < -0.4 is 0 Å². The average Bonchev–Trinajstić information content (AvgIpc) is 2.70. The number of rotatable bonds is 4. The summed E-state index contributed by atoms with van der Waals surface area (Å²) in [5.74, 6) is 0. The summed E-state index contributed by atoms with van der Waals surface area (Å²) in [6.07, 6.45) is 8.31. The maximum absolute atomic E-state index is 9.48. The molecule has 4 nitrogen and oxygen atoms in total. The highest BCUT2D eigenvalue weighted by Crippen LogP contribution is 1.91. The average molecular weight is 181 g/mol. The molecule has 0 aliphatic rings. The number of unbranched alkanes of at least 4 members (excludes halogenated alkanes) is 2. The minimum atomic E-state index is 0.650. The Kier molecular flexibility index (Phi) is 9.44. The summed E-state index contributed by atoms with van der Waals surface area (Å²) in [4.78, 5) is 12.9. The molecule has 1 rings (SSSR count). The summed E-state index contributed by atoms with van der Waals surface area (Å²) in [6, 6.07) is 1.83. The molecule has 1 aromatic heterocycles. The molecule has 1 N–H and O–H groups in total. The van der Waals surface area contributed by atoms with Crippen molar-refractivity contribution in [3.63, 3.8) is 0 Å². The molecule has 0 aliphatic carbocycles. The lowest BCUT2D eigenvalue weighted by atomic mass is 10.3. The lowest BCUT2D eigenvalue weighted by molar-refractivity contribution is 0.561. The molecule has 1 heterocycles. The zero-order valence-corrected chi connectivity index (χ0v) is 7.86. The van der Waals surface area contributed by atoms with Crippen LogP contribution in [-0.2, 0) is 4.79 Å². The lowest BCUT2D eigenvalue weighted by Gasteiger charge is -1.86. The number of H-pyrrole nitrogens is 1. The number of nitrogens with zero attached hydrogens (tertiary/aromatic N) is 2. The van der Waals surface area contributed by atoms with Crippen molar-refractivity contribution >= 4 is 6.08 Å². The van der Waals surface area contributed by atoms with Gasteiger partial charge in [0.1, 0.15) is 0 Å². The van der Waals surface area contributed by atoms with Gasteiger partial charge >= 0.3 is 0 Å². The van der Waals surface area contributed by atoms with Gasteiger partial charge < -0.3 is 0 Å². The SMILES string of the molecule is CCCCCN=C=O.c1cn[nH]c1. The molecule has 0 saturated carbocycles. The highest BCUT2D eigenvalue weighted by molar-refractivity contribution is 5.32. The summed E-state index contributed by atoms with van der Waals surface area (Å²) in [7, 11) is 0. The second-order valence-electron chi connectivity index (χ2n) is 2.45. The van der Waals surface area contributed by atoms with E-state index >= 15 is 0 Å². The predicted octanol–water partition coefficient (Wildman–Crippen LogP) is 1.92. The number of aliphatic imine (C=N–C) groups is 1. The Hall–Kier alpha value is -1.41. The summed E-state index contributed by atoms with van der Waals surface area (Å²) in [5.41, 5.74) is 0. The van der Waals surface area contributed by atoms with Crippen LogP contribution in [0.1, 0.15) is 26.2 Å². The fourth-order valence-electron chi connectivity index (χ4n) is 0.702. The standard InChI is InChI=1S/C6H11NO.C3H4N2/c1-2-3-4-5-7-6-8;1-2-4-5-3-1/h2-5H2,1H3;1-3H,(H,4,5). The van der Waals surface area contributed by atoms with Crippen molar-refractivity contribution < 1.29 is 4.79 Å². The molecule has 0 spiro atoms. The third-order valence-corrected chi connectivity index (χ3v) is 1.34. The number of aromatic amines is 1. The van der Waals surface area contributed by atoms with E-state index in [0.29, 0.717) is 6.54 Å². The first-order valence-corrected chi connectivity index (χ1v) is 4.39. The summed E-state index contributed by atoms with van der Waals surface area (Å²) in [5, 5.41) is 6.21. The van der Waals surface area contributed by atoms with Crippen LogP contribution in [0.3, 0.4) is 0 Å². The molecule has 0 bridgehead atoms. The Morgan fingerprint density at radius 1 is 1.54 bits per heavy atom. The van der Waals surface area contributed by atoms with Gasteiger partial charge in [0.05, 0.1) is 6.54 Å². The van der Waals surface area contributed by atoms with E-state index in [9.17, 15) is 4.79 Å². The number of isocyanates is 1. The van der Waals surface area contributed by atoms with Crippen molar-refractivity contribution in [2.75, 3.05) is 6.54 Å². The van der Waals surface area contributed by atoms with Crippen LogP contribution in [0, 0.1) is 0 Å². The molecule has 0 unspecified atom stereocenters. The van der Waals surface area contributed by atoms with E-state index in [1.807, 2.05) is 6.07 Å². The van der Waals surface area contributed by atoms with Crippen molar-refractivity contribution in [2.24, 2.45) is 4.99 Å². The van der Waals surface area contributed by atoms with Crippen LogP contribution in [0.4, 0.5) is 0 Å². The Balaban J connectivity index is 0.000000243. The predicted molar refractivity (Wildman–Crippen MR) is 51.1 cm³/mol. The normalized spacial score (nSPS) is 8.08. The van der Waals surface area contributed by atoms with E-state index in [2.05, 4.69) is 22.1 Å². The molecular weight excluding hydrogens is 166 g/mol. The third-order valence-electron chi connectivity index (χ3n) is 1.34. The van der Waals surface area contributed by atoms with Crippen molar-refractivity contribution in [3.05, 3.63) is 18.5 Å². The summed E-state index contributed by atoms with van der Waals surface area (Å²) < 4.78 is 0. The molecular formula is C9H15N3O. The Morgan fingerprint density at radius 2 is 2.38 bits per heavy atom. The van der Waals surface area contributed by atoms with Crippen LogP contribution in [0.5, 0.6) is 0 Å². The quantitative estimate of drug-likeness (QED) is 0.438. The van der Waals surface area contributed by atoms with Crippen molar-refractivity contribution in [3.8, 4) is 0 Å². The Bertz CT molecular complexity index is 198. The minimum absolute atomic E-state index is 0.650. The fourth-order valence-corrected chi connectivity index (χ4v) is 0.702. The number of hydrogen-bond acceptors (Lipinski definition) is 3. The van der Waals surface area contributed by atoms with Crippen LogP contribution in [0.2, 0.25) is 0 Å². The van der Waals surface area contributed by atoms with E-state index in [1.54, 1.807) is 12.4 Å². The molecule has 0 saturated heterocycles. The second kappa shape index (κ2) is 10.6. The maximum Gasteiger partial charge on any atom is 0.234 e. The first-order valence-electron chi connectivity index (χ1n) is 4.39. The van der Waals surface area contributed by atoms with Gasteiger partial charge in [0.2, 0.25) is 6.08 Å². The zero-order chi connectivity index (χ0) is 9.78. The van der Waals surface area contributed by atoms with Gasteiger partial charge in [-0.25, -0.2) is 9.79 Å². The molecule has 0 aromatic carbocycles. The third kappa shape index (κ3) is 10.6. The van der Waals surface area contributed by atoms with E-state index in [4.69, 9.17) is 0 Å². The summed E-state index contributed by atoms with van der Waals surface area (Å²) in [6.45, 7) is 2.77. The van der Waals surface area contributed by atoms with Gasteiger partial charge in [-0.15, -0.1) is 0 Å². The van der Waals surface area contributed by atoms with Crippen molar-refractivity contribution in [1.29, 1.82) is 0 Å². The highest BCUT2D eigenvalue weighted by atomic mass is 16.1. The largest absolute Gasteiger partial charge is 0.286 e. The molecule has 1 aromatic rings. The maximum atomic E-state index is 9.48. The van der Waals surface area contributed by atoms with Gasteiger partial charge in [-0.3, -0.25) is 5.10 Å². The minimum Gasteiger partial charge on any atom is -0.286 e. The first-order chi connectivity index (χ1) is 6.41. The second-order valence-corrected chi connectivity index (χ2v) is 2.45. The molecule has 0 fully saturated rings.